The number of carbonyl (C=O) groups excluding carboxylic acids is 1. The van der Waals surface area contributed by atoms with Crippen LogP contribution in [0.1, 0.15) is 41.6 Å². The van der Waals surface area contributed by atoms with Crippen molar-refractivity contribution in [1.29, 1.82) is 0 Å². The first-order chi connectivity index (χ1) is 9.15. The van der Waals surface area contributed by atoms with Crippen molar-refractivity contribution >= 4 is 5.91 Å². The van der Waals surface area contributed by atoms with Crippen LogP contribution in [0.15, 0.2) is 10.5 Å². The van der Waals surface area contributed by atoms with Gasteiger partial charge in [-0.25, -0.2) is 0 Å². The fourth-order valence-corrected chi connectivity index (χ4v) is 2.76. The van der Waals surface area contributed by atoms with Crippen molar-refractivity contribution in [3.63, 3.8) is 0 Å². The molecule has 1 aliphatic heterocycles. The predicted octanol–water partition coefficient (Wildman–Crippen LogP) is 2.22. The number of nitrogens with one attached hydrogen (secondary N) is 1. The van der Waals surface area contributed by atoms with Crippen LogP contribution in [0.5, 0.6) is 0 Å². The third-order valence-corrected chi connectivity index (χ3v) is 3.95. The summed E-state index contributed by atoms with van der Waals surface area (Å²) in [5.74, 6) is 2.17. The molecule has 0 bridgehead atoms. The lowest BCUT2D eigenvalue weighted by Gasteiger charge is -2.31. The average molecular weight is 264 g/mol. The van der Waals surface area contributed by atoms with Gasteiger partial charge in [0.25, 0.3) is 5.91 Å². The van der Waals surface area contributed by atoms with Gasteiger partial charge < -0.3 is 14.6 Å². The van der Waals surface area contributed by atoms with Crippen molar-refractivity contribution < 1.29 is 9.21 Å². The Balaban J connectivity index is 1.97. The smallest absolute Gasteiger partial charge is 0.289 e. The van der Waals surface area contributed by atoms with Gasteiger partial charge in [0.05, 0.1) is 0 Å². The summed E-state index contributed by atoms with van der Waals surface area (Å²) in [5, 5.41) is 3.21. The zero-order valence-electron chi connectivity index (χ0n) is 12.2. The predicted molar refractivity (Wildman–Crippen MR) is 75.4 cm³/mol. The van der Waals surface area contributed by atoms with Gasteiger partial charge in [0, 0.05) is 19.5 Å². The summed E-state index contributed by atoms with van der Waals surface area (Å²) in [5.41, 5.74) is 1.08. The molecule has 1 aromatic rings. The van der Waals surface area contributed by atoms with E-state index in [4.69, 9.17) is 4.42 Å². The first-order valence-electron chi connectivity index (χ1n) is 7.18. The van der Waals surface area contributed by atoms with Crippen molar-refractivity contribution in [1.82, 2.24) is 10.2 Å². The third-order valence-electron chi connectivity index (χ3n) is 3.95. The van der Waals surface area contributed by atoms with Crippen LogP contribution in [0.2, 0.25) is 0 Å². The molecule has 0 aromatic carbocycles. The number of rotatable bonds is 4. The second-order valence-corrected chi connectivity index (χ2v) is 5.36. The summed E-state index contributed by atoms with van der Waals surface area (Å²) in [6.07, 6.45) is 2.99. The number of hydrogen-bond donors (Lipinski definition) is 1. The van der Waals surface area contributed by atoms with E-state index < -0.39 is 0 Å². The number of hydrogen-bond acceptors (Lipinski definition) is 3. The number of aryl methyl sites for hydroxylation is 2. The Hall–Kier alpha value is -1.29. The molecule has 0 unspecified atom stereocenters. The number of likely N-dealkylation sites (tertiary alicyclic amines) is 1. The van der Waals surface area contributed by atoms with Gasteiger partial charge in [-0.05, 0) is 50.9 Å². The Kier molecular flexibility index (Phi) is 4.64. The highest BCUT2D eigenvalue weighted by molar-refractivity contribution is 5.91. The molecule has 4 heteroatoms. The van der Waals surface area contributed by atoms with Crippen molar-refractivity contribution in [2.24, 2.45) is 5.92 Å². The van der Waals surface area contributed by atoms with E-state index in [0.29, 0.717) is 11.7 Å². The van der Waals surface area contributed by atoms with Crippen LogP contribution >= 0.6 is 0 Å². The molecule has 1 amide bonds. The zero-order valence-corrected chi connectivity index (χ0v) is 12.2. The minimum atomic E-state index is 0.0470. The molecule has 2 heterocycles. The van der Waals surface area contributed by atoms with Crippen molar-refractivity contribution in [3.05, 3.63) is 23.2 Å². The molecule has 1 aliphatic rings. The molecule has 1 N–H and O–H groups in total. The van der Waals surface area contributed by atoms with Gasteiger partial charge in [-0.1, -0.05) is 6.92 Å². The molecular formula is C15H24N2O2. The van der Waals surface area contributed by atoms with Crippen LogP contribution in [0.3, 0.4) is 0 Å². The highest BCUT2D eigenvalue weighted by Crippen LogP contribution is 2.21. The fraction of sp³-hybridized carbons (Fsp3) is 0.667. The summed E-state index contributed by atoms with van der Waals surface area (Å²) >= 11 is 0. The molecule has 0 atom stereocenters. The topological polar surface area (TPSA) is 45.5 Å². The summed E-state index contributed by atoms with van der Waals surface area (Å²) in [4.78, 5) is 14.3. The van der Waals surface area contributed by atoms with E-state index in [1.807, 2.05) is 31.9 Å². The Morgan fingerprint density at radius 2 is 2.16 bits per heavy atom. The normalized spacial score (nSPS) is 16.9. The second-order valence-electron chi connectivity index (χ2n) is 5.36. The molecule has 106 valence electrons. The van der Waals surface area contributed by atoms with Gasteiger partial charge in [0.1, 0.15) is 5.76 Å². The van der Waals surface area contributed by atoms with E-state index in [2.05, 4.69) is 5.32 Å². The highest BCUT2D eigenvalue weighted by atomic mass is 16.4. The molecule has 1 aromatic heterocycles. The van der Waals surface area contributed by atoms with E-state index in [-0.39, 0.29) is 5.91 Å². The molecule has 1 fully saturated rings. The SMILES string of the molecule is CCc1oc(C(=O)N2CCC(CNC)CC2)cc1C. The molecule has 1 saturated heterocycles. The lowest BCUT2D eigenvalue weighted by molar-refractivity contribution is 0.0657. The van der Waals surface area contributed by atoms with Crippen LogP contribution in [-0.2, 0) is 6.42 Å². The average Bonchev–Trinajstić information content (AvgIpc) is 2.80. The minimum absolute atomic E-state index is 0.0470. The standard InChI is InChI=1S/C15H24N2O2/c1-4-13-11(2)9-14(19-13)15(18)17-7-5-12(6-8-17)10-16-3/h9,12,16H,4-8,10H2,1-3H3. The van der Waals surface area contributed by atoms with E-state index >= 15 is 0 Å². The number of amides is 1. The Morgan fingerprint density at radius 1 is 1.47 bits per heavy atom. The summed E-state index contributed by atoms with van der Waals surface area (Å²) in [6, 6.07) is 1.88. The maximum Gasteiger partial charge on any atom is 0.289 e. The Morgan fingerprint density at radius 3 is 2.68 bits per heavy atom. The monoisotopic (exact) mass is 264 g/mol. The van der Waals surface area contributed by atoms with Crippen molar-refractivity contribution in [2.45, 2.75) is 33.1 Å². The van der Waals surface area contributed by atoms with Gasteiger partial charge in [-0.2, -0.15) is 0 Å². The lowest BCUT2D eigenvalue weighted by Crippen LogP contribution is -2.40. The summed E-state index contributed by atoms with van der Waals surface area (Å²) < 4.78 is 5.65. The highest BCUT2D eigenvalue weighted by Gasteiger charge is 2.25. The number of piperidine rings is 1. The van der Waals surface area contributed by atoms with Gasteiger partial charge in [0.2, 0.25) is 0 Å². The molecule has 0 radical (unpaired) electrons. The molecular weight excluding hydrogens is 240 g/mol. The van der Waals surface area contributed by atoms with Crippen LogP contribution in [0.25, 0.3) is 0 Å². The molecule has 19 heavy (non-hydrogen) atoms. The van der Waals surface area contributed by atoms with Gasteiger partial charge in [0.15, 0.2) is 5.76 Å². The molecule has 0 saturated carbocycles. The molecule has 0 spiro atoms. The Labute approximate surface area is 115 Å². The van der Waals surface area contributed by atoms with Crippen LogP contribution in [-0.4, -0.2) is 37.5 Å². The van der Waals surface area contributed by atoms with Crippen LogP contribution < -0.4 is 5.32 Å². The quantitative estimate of drug-likeness (QED) is 0.907. The van der Waals surface area contributed by atoms with Crippen molar-refractivity contribution in [2.75, 3.05) is 26.7 Å². The molecule has 4 nitrogen and oxygen atoms in total. The van der Waals surface area contributed by atoms with Crippen LogP contribution in [0, 0.1) is 12.8 Å². The lowest BCUT2D eigenvalue weighted by atomic mass is 9.97. The maximum atomic E-state index is 12.4. The van der Waals surface area contributed by atoms with Gasteiger partial charge in [-0.3, -0.25) is 4.79 Å². The molecule has 0 aliphatic carbocycles. The van der Waals surface area contributed by atoms with Crippen LogP contribution in [0.4, 0.5) is 0 Å². The van der Waals surface area contributed by atoms with E-state index in [0.717, 1.165) is 50.2 Å². The summed E-state index contributed by atoms with van der Waals surface area (Å²) in [6.45, 7) is 6.77. The second kappa shape index (κ2) is 6.24. The maximum absolute atomic E-state index is 12.4. The largest absolute Gasteiger partial charge is 0.456 e. The van der Waals surface area contributed by atoms with Crippen molar-refractivity contribution in [3.8, 4) is 0 Å². The number of carbonyl (C=O) groups is 1. The van der Waals surface area contributed by atoms with Gasteiger partial charge >= 0.3 is 0 Å². The van der Waals surface area contributed by atoms with E-state index in [1.165, 1.54) is 0 Å². The minimum Gasteiger partial charge on any atom is -0.456 e. The first-order valence-corrected chi connectivity index (χ1v) is 7.18. The van der Waals surface area contributed by atoms with E-state index in [1.54, 1.807) is 0 Å². The Bertz CT molecular complexity index is 431. The fourth-order valence-electron chi connectivity index (χ4n) is 2.76. The summed E-state index contributed by atoms with van der Waals surface area (Å²) in [7, 11) is 1.98. The number of nitrogens with zero attached hydrogens (tertiary/aromatic N) is 1. The van der Waals surface area contributed by atoms with E-state index in [9.17, 15) is 4.79 Å². The molecule has 2 rings (SSSR count). The third kappa shape index (κ3) is 3.18. The van der Waals surface area contributed by atoms with Gasteiger partial charge in [-0.15, -0.1) is 0 Å². The zero-order chi connectivity index (χ0) is 13.8. The number of furan rings is 1. The first kappa shape index (κ1) is 14.1.